The van der Waals surface area contributed by atoms with Crippen molar-refractivity contribution in [1.29, 1.82) is 5.26 Å². The van der Waals surface area contributed by atoms with Crippen LogP contribution in [-0.4, -0.2) is 5.54 Å². The Morgan fingerprint density at radius 1 is 1.25 bits per heavy atom. The van der Waals surface area contributed by atoms with Crippen LogP contribution in [0.4, 0.5) is 0 Å². The van der Waals surface area contributed by atoms with Crippen LogP contribution in [0.2, 0.25) is 0 Å². The van der Waals surface area contributed by atoms with E-state index in [-0.39, 0.29) is 11.0 Å². The number of nitrogens with two attached hydrogens (primary N) is 1. The van der Waals surface area contributed by atoms with Crippen LogP contribution >= 0.6 is 0 Å². The van der Waals surface area contributed by atoms with Gasteiger partial charge in [0.25, 0.3) is 0 Å². The zero-order chi connectivity index (χ0) is 9.24. The molecule has 0 aliphatic heterocycles. The van der Waals surface area contributed by atoms with Crippen LogP contribution in [0.25, 0.3) is 0 Å². The van der Waals surface area contributed by atoms with Crippen LogP contribution in [0.1, 0.15) is 46.0 Å². The maximum atomic E-state index is 8.63. The summed E-state index contributed by atoms with van der Waals surface area (Å²) < 4.78 is 0. The molecule has 0 heterocycles. The van der Waals surface area contributed by atoms with Crippen LogP contribution in [0.15, 0.2) is 0 Å². The molecule has 0 aromatic carbocycles. The van der Waals surface area contributed by atoms with Gasteiger partial charge in [0.15, 0.2) is 0 Å². The Hall–Kier alpha value is -0.550. The maximum Gasteiger partial charge on any atom is 0.0627 e. The molecular weight excluding hydrogens is 148 g/mol. The molecule has 0 aromatic rings. The molecule has 1 aliphatic carbocycles. The predicted octanol–water partition coefficient (Wildman–Crippen LogP) is 2.20. The quantitative estimate of drug-likeness (QED) is 0.649. The van der Waals surface area contributed by atoms with E-state index >= 15 is 0 Å². The average molecular weight is 166 g/mol. The van der Waals surface area contributed by atoms with Gasteiger partial charge in [-0.2, -0.15) is 5.26 Å². The Morgan fingerprint density at radius 2 is 1.75 bits per heavy atom. The highest BCUT2D eigenvalue weighted by Crippen LogP contribution is 2.41. The third-order valence-corrected chi connectivity index (χ3v) is 3.11. The van der Waals surface area contributed by atoms with E-state index in [1.54, 1.807) is 0 Å². The summed E-state index contributed by atoms with van der Waals surface area (Å²) in [5, 5.41) is 8.63. The van der Waals surface area contributed by atoms with E-state index in [0.717, 1.165) is 25.7 Å². The summed E-state index contributed by atoms with van der Waals surface area (Å²) in [7, 11) is 0. The standard InChI is InChI=1S/C10H18N2/c1-9(7-8-11)3-5-10(2,12)6-4-9/h3-7,12H2,1-2H3. The number of nitrogens with zero attached hydrogens (tertiary/aromatic N) is 1. The van der Waals surface area contributed by atoms with Crippen LogP contribution in [0.3, 0.4) is 0 Å². The first-order chi connectivity index (χ1) is 5.47. The molecule has 0 amide bonds. The summed E-state index contributed by atoms with van der Waals surface area (Å²) in [5.41, 5.74) is 6.28. The largest absolute Gasteiger partial charge is 0.325 e. The lowest BCUT2D eigenvalue weighted by atomic mass is 9.68. The van der Waals surface area contributed by atoms with Gasteiger partial charge in [-0.05, 0) is 38.0 Å². The highest BCUT2D eigenvalue weighted by atomic mass is 14.7. The van der Waals surface area contributed by atoms with Crippen molar-refractivity contribution in [3.05, 3.63) is 0 Å². The maximum absolute atomic E-state index is 8.63. The van der Waals surface area contributed by atoms with Crippen molar-refractivity contribution >= 4 is 0 Å². The summed E-state index contributed by atoms with van der Waals surface area (Å²) in [6, 6.07) is 2.26. The monoisotopic (exact) mass is 166 g/mol. The zero-order valence-corrected chi connectivity index (χ0v) is 8.06. The van der Waals surface area contributed by atoms with E-state index in [4.69, 9.17) is 11.0 Å². The first-order valence-electron chi connectivity index (χ1n) is 4.63. The van der Waals surface area contributed by atoms with E-state index in [2.05, 4.69) is 19.9 Å². The number of rotatable bonds is 1. The summed E-state index contributed by atoms with van der Waals surface area (Å²) in [4.78, 5) is 0. The third-order valence-electron chi connectivity index (χ3n) is 3.11. The second-order valence-electron chi connectivity index (χ2n) is 4.80. The molecule has 1 fully saturated rings. The smallest absolute Gasteiger partial charge is 0.0627 e. The van der Waals surface area contributed by atoms with Gasteiger partial charge in [0.2, 0.25) is 0 Å². The predicted molar refractivity (Wildman–Crippen MR) is 49.4 cm³/mol. The molecule has 0 aromatic heterocycles. The lowest BCUT2D eigenvalue weighted by Crippen LogP contribution is -2.42. The van der Waals surface area contributed by atoms with Crippen LogP contribution in [-0.2, 0) is 0 Å². The summed E-state index contributed by atoms with van der Waals surface area (Å²) in [6.07, 6.45) is 5.01. The number of nitriles is 1. The molecule has 0 unspecified atom stereocenters. The highest BCUT2D eigenvalue weighted by Gasteiger charge is 2.34. The topological polar surface area (TPSA) is 49.8 Å². The zero-order valence-electron chi connectivity index (χ0n) is 8.06. The van der Waals surface area contributed by atoms with Gasteiger partial charge in [-0.1, -0.05) is 6.92 Å². The average Bonchev–Trinajstić information content (AvgIpc) is 1.98. The Bertz CT molecular complexity index is 190. The van der Waals surface area contributed by atoms with Crippen LogP contribution < -0.4 is 5.73 Å². The second kappa shape index (κ2) is 3.06. The summed E-state index contributed by atoms with van der Waals surface area (Å²) >= 11 is 0. The molecule has 1 rings (SSSR count). The molecule has 0 bridgehead atoms. The molecule has 0 spiro atoms. The van der Waals surface area contributed by atoms with Crippen LogP contribution in [0, 0.1) is 16.7 Å². The molecule has 0 atom stereocenters. The van der Waals surface area contributed by atoms with Crippen molar-refractivity contribution in [2.24, 2.45) is 11.1 Å². The van der Waals surface area contributed by atoms with Crippen molar-refractivity contribution in [3.63, 3.8) is 0 Å². The molecule has 0 radical (unpaired) electrons. The van der Waals surface area contributed by atoms with E-state index < -0.39 is 0 Å². The van der Waals surface area contributed by atoms with Crippen molar-refractivity contribution < 1.29 is 0 Å². The van der Waals surface area contributed by atoms with Gasteiger partial charge in [0, 0.05) is 12.0 Å². The summed E-state index contributed by atoms with van der Waals surface area (Å²) in [5.74, 6) is 0. The third kappa shape index (κ3) is 2.22. The number of hydrogen-bond acceptors (Lipinski definition) is 2. The molecule has 2 heteroatoms. The minimum absolute atomic E-state index is 0.0228. The Morgan fingerprint density at radius 3 is 2.17 bits per heavy atom. The van der Waals surface area contributed by atoms with E-state index in [0.29, 0.717) is 6.42 Å². The lowest BCUT2D eigenvalue weighted by Gasteiger charge is -2.40. The van der Waals surface area contributed by atoms with Crippen molar-refractivity contribution in [2.45, 2.75) is 51.5 Å². The fourth-order valence-electron chi connectivity index (χ4n) is 1.79. The first kappa shape index (κ1) is 9.54. The Kier molecular flexibility index (Phi) is 2.44. The van der Waals surface area contributed by atoms with Crippen molar-refractivity contribution in [3.8, 4) is 6.07 Å². The molecule has 0 saturated heterocycles. The first-order valence-corrected chi connectivity index (χ1v) is 4.63. The molecule has 1 saturated carbocycles. The Balaban J connectivity index is 2.51. The molecule has 2 nitrogen and oxygen atoms in total. The minimum Gasteiger partial charge on any atom is -0.325 e. The normalized spacial score (nSPS) is 42.2. The highest BCUT2D eigenvalue weighted by molar-refractivity contribution is 4.94. The summed E-state index contributed by atoms with van der Waals surface area (Å²) in [6.45, 7) is 4.31. The fraction of sp³-hybridized carbons (Fsp3) is 0.900. The number of hydrogen-bond donors (Lipinski definition) is 1. The van der Waals surface area contributed by atoms with Crippen molar-refractivity contribution in [2.75, 3.05) is 0 Å². The van der Waals surface area contributed by atoms with Crippen molar-refractivity contribution in [1.82, 2.24) is 0 Å². The van der Waals surface area contributed by atoms with Gasteiger partial charge >= 0.3 is 0 Å². The molecule has 12 heavy (non-hydrogen) atoms. The van der Waals surface area contributed by atoms with Gasteiger partial charge in [-0.25, -0.2) is 0 Å². The molecular formula is C10H18N2. The molecule has 1 aliphatic rings. The molecule has 2 N–H and O–H groups in total. The van der Waals surface area contributed by atoms with E-state index in [1.807, 2.05) is 0 Å². The minimum atomic E-state index is 0.0228. The van der Waals surface area contributed by atoms with E-state index in [1.165, 1.54) is 0 Å². The fourth-order valence-corrected chi connectivity index (χ4v) is 1.79. The van der Waals surface area contributed by atoms with Gasteiger partial charge in [-0.3, -0.25) is 0 Å². The van der Waals surface area contributed by atoms with Gasteiger partial charge < -0.3 is 5.73 Å². The van der Waals surface area contributed by atoms with Crippen LogP contribution in [0.5, 0.6) is 0 Å². The van der Waals surface area contributed by atoms with Gasteiger partial charge in [0.1, 0.15) is 0 Å². The molecule has 68 valence electrons. The van der Waals surface area contributed by atoms with Gasteiger partial charge in [0.05, 0.1) is 6.07 Å². The van der Waals surface area contributed by atoms with E-state index in [9.17, 15) is 0 Å². The Labute approximate surface area is 74.8 Å². The lowest BCUT2D eigenvalue weighted by molar-refractivity contribution is 0.161. The van der Waals surface area contributed by atoms with Gasteiger partial charge in [-0.15, -0.1) is 0 Å². The second-order valence-corrected chi connectivity index (χ2v) is 4.80. The SMILES string of the molecule is CC1(N)CCC(C)(CC#N)CC1.